The predicted octanol–water partition coefficient (Wildman–Crippen LogP) is 3.88. The van der Waals surface area contributed by atoms with E-state index in [2.05, 4.69) is 33.8 Å². The van der Waals surface area contributed by atoms with Gasteiger partial charge in [0, 0.05) is 11.5 Å². The summed E-state index contributed by atoms with van der Waals surface area (Å²) in [6.07, 6.45) is 5.80. The maximum absolute atomic E-state index is 12.4. The molecule has 0 bridgehead atoms. The number of fused-ring (bicyclic) bond motifs is 2. The quantitative estimate of drug-likeness (QED) is 0.632. The molecule has 23 heavy (non-hydrogen) atoms. The van der Waals surface area contributed by atoms with Crippen LogP contribution in [0.2, 0.25) is 0 Å². The van der Waals surface area contributed by atoms with Crippen LogP contribution in [-0.4, -0.2) is 23.8 Å². The van der Waals surface area contributed by atoms with E-state index in [1.165, 1.54) is 17.6 Å². The number of aliphatic hydroxyl groups is 1. The smallest absolute Gasteiger partial charge is 0.334 e. The van der Waals surface area contributed by atoms with E-state index in [1.54, 1.807) is 0 Å². The molecule has 3 heteroatoms. The predicted molar refractivity (Wildman–Crippen MR) is 90.7 cm³/mol. The van der Waals surface area contributed by atoms with E-state index in [0.717, 1.165) is 24.8 Å². The van der Waals surface area contributed by atoms with Crippen molar-refractivity contribution in [2.75, 3.05) is 6.61 Å². The molecule has 128 valence electrons. The van der Waals surface area contributed by atoms with Crippen molar-refractivity contribution in [1.82, 2.24) is 0 Å². The lowest BCUT2D eigenvalue weighted by atomic mass is 9.74. The fourth-order valence-corrected chi connectivity index (χ4v) is 4.70. The molecule has 0 aromatic rings. The van der Waals surface area contributed by atoms with Crippen LogP contribution in [0.25, 0.3) is 0 Å². The number of cyclic esters (lactones) is 1. The summed E-state index contributed by atoms with van der Waals surface area (Å²) in [5.74, 6) is 1.77. The first-order chi connectivity index (χ1) is 10.9. The lowest BCUT2D eigenvalue weighted by Gasteiger charge is -2.32. The molecule has 3 aliphatic rings. The summed E-state index contributed by atoms with van der Waals surface area (Å²) in [6.45, 7) is 9.12. The Bertz CT molecular complexity index is 541. The topological polar surface area (TPSA) is 46.5 Å². The molecular weight excluding hydrogens is 288 g/mol. The lowest BCUT2D eigenvalue weighted by Crippen LogP contribution is -2.34. The van der Waals surface area contributed by atoms with Crippen molar-refractivity contribution in [2.24, 2.45) is 29.6 Å². The van der Waals surface area contributed by atoms with Gasteiger partial charge in [0.25, 0.3) is 0 Å². The molecule has 0 saturated heterocycles. The van der Waals surface area contributed by atoms with E-state index in [9.17, 15) is 9.90 Å². The minimum Gasteiger partial charge on any atom is -0.458 e. The van der Waals surface area contributed by atoms with Crippen molar-refractivity contribution >= 4 is 5.97 Å². The van der Waals surface area contributed by atoms with Crippen molar-refractivity contribution in [3.8, 4) is 0 Å². The van der Waals surface area contributed by atoms with Gasteiger partial charge in [0.15, 0.2) is 0 Å². The average Bonchev–Trinajstić information content (AvgIpc) is 3.17. The number of ether oxygens (including phenoxy) is 1. The molecule has 0 radical (unpaired) electrons. The van der Waals surface area contributed by atoms with Crippen LogP contribution in [0.1, 0.15) is 53.4 Å². The molecule has 1 aliphatic heterocycles. The van der Waals surface area contributed by atoms with Crippen LogP contribution in [-0.2, 0) is 9.53 Å². The Morgan fingerprint density at radius 3 is 2.83 bits per heavy atom. The first-order valence-electron chi connectivity index (χ1n) is 9.11. The maximum Gasteiger partial charge on any atom is 0.334 e. The molecule has 3 rings (SSSR count). The van der Waals surface area contributed by atoms with Gasteiger partial charge >= 0.3 is 5.97 Å². The first-order valence-corrected chi connectivity index (χ1v) is 9.11. The molecule has 6 atom stereocenters. The van der Waals surface area contributed by atoms with E-state index in [4.69, 9.17) is 4.74 Å². The number of hydrogen-bond donors (Lipinski definition) is 1. The molecule has 1 saturated carbocycles. The highest BCUT2D eigenvalue weighted by Crippen LogP contribution is 2.55. The molecule has 1 heterocycles. The first kappa shape index (κ1) is 16.8. The molecule has 1 N–H and O–H groups in total. The molecule has 2 aliphatic carbocycles. The Kier molecular flexibility index (Phi) is 4.68. The van der Waals surface area contributed by atoms with Gasteiger partial charge in [-0.05, 0) is 68.8 Å². The second-order valence-electron chi connectivity index (χ2n) is 8.16. The summed E-state index contributed by atoms with van der Waals surface area (Å²) < 4.78 is 5.38. The molecule has 0 aromatic heterocycles. The fourth-order valence-electron chi connectivity index (χ4n) is 4.70. The maximum atomic E-state index is 12.4. The van der Waals surface area contributed by atoms with E-state index < -0.39 is 6.10 Å². The lowest BCUT2D eigenvalue weighted by molar-refractivity contribution is -0.137. The standard InChI is InChI=1S/C20H30O3/c1-11(2)6-5-7-12(3)18-17(21)8-13(4)14-9-15(14)16-10-23-20(22)19(16)18/h6,12-15,17-18,21H,5,7-10H2,1-4H3. The number of aliphatic hydroxyl groups excluding tert-OH is 1. The van der Waals surface area contributed by atoms with Gasteiger partial charge < -0.3 is 9.84 Å². The number of carbonyl (C=O) groups excluding carboxylic acids is 1. The fraction of sp³-hybridized carbons (Fsp3) is 0.750. The molecule has 6 unspecified atom stereocenters. The van der Waals surface area contributed by atoms with Crippen molar-refractivity contribution in [2.45, 2.75) is 59.5 Å². The summed E-state index contributed by atoms with van der Waals surface area (Å²) in [5.41, 5.74) is 3.37. The monoisotopic (exact) mass is 318 g/mol. The van der Waals surface area contributed by atoms with E-state index in [-0.39, 0.29) is 11.9 Å². The number of esters is 1. The van der Waals surface area contributed by atoms with E-state index in [1.807, 2.05) is 0 Å². The van der Waals surface area contributed by atoms with Crippen molar-refractivity contribution in [3.63, 3.8) is 0 Å². The highest BCUT2D eigenvalue weighted by Gasteiger charge is 2.52. The van der Waals surface area contributed by atoms with Gasteiger partial charge in [0.2, 0.25) is 0 Å². The zero-order valence-electron chi connectivity index (χ0n) is 14.8. The second kappa shape index (κ2) is 6.43. The summed E-state index contributed by atoms with van der Waals surface area (Å²) >= 11 is 0. The summed E-state index contributed by atoms with van der Waals surface area (Å²) in [7, 11) is 0. The van der Waals surface area contributed by atoms with Crippen molar-refractivity contribution < 1.29 is 14.6 Å². The number of allylic oxidation sites excluding steroid dienone is 2. The highest BCUT2D eigenvalue weighted by molar-refractivity contribution is 5.92. The zero-order chi connectivity index (χ0) is 16.7. The van der Waals surface area contributed by atoms with Gasteiger partial charge in [-0.3, -0.25) is 0 Å². The third-order valence-electron chi connectivity index (χ3n) is 6.09. The van der Waals surface area contributed by atoms with Crippen molar-refractivity contribution in [3.05, 3.63) is 22.8 Å². The summed E-state index contributed by atoms with van der Waals surface area (Å²) in [5, 5.41) is 10.9. The van der Waals surface area contributed by atoms with Crippen molar-refractivity contribution in [1.29, 1.82) is 0 Å². The van der Waals surface area contributed by atoms with Crippen LogP contribution in [0, 0.1) is 29.6 Å². The van der Waals surface area contributed by atoms with Gasteiger partial charge in [-0.25, -0.2) is 4.79 Å². The second-order valence-corrected chi connectivity index (χ2v) is 8.16. The van der Waals surface area contributed by atoms with Crippen LogP contribution in [0.15, 0.2) is 22.8 Å². The summed E-state index contributed by atoms with van der Waals surface area (Å²) in [6, 6.07) is 0. The van der Waals surface area contributed by atoms with Gasteiger partial charge in [-0.15, -0.1) is 0 Å². The van der Waals surface area contributed by atoms with Crippen LogP contribution >= 0.6 is 0 Å². The van der Waals surface area contributed by atoms with Crippen LogP contribution < -0.4 is 0 Å². The van der Waals surface area contributed by atoms with E-state index in [0.29, 0.717) is 30.3 Å². The zero-order valence-corrected chi connectivity index (χ0v) is 14.8. The molecular formula is C20H30O3. The number of carbonyl (C=O) groups is 1. The largest absolute Gasteiger partial charge is 0.458 e. The Labute approximate surface area is 139 Å². The number of hydrogen-bond acceptors (Lipinski definition) is 3. The summed E-state index contributed by atoms with van der Waals surface area (Å²) in [4.78, 5) is 12.4. The van der Waals surface area contributed by atoms with Crippen LogP contribution in [0.4, 0.5) is 0 Å². The third kappa shape index (κ3) is 3.26. The van der Waals surface area contributed by atoms with Gasteiger partial charge in [-0.1, -0.05) is 25.5 Å². The SMILES string of the molecule is CC(C)=CCCC(C)C1C2=C(COC2=O)C2CC2C(C)CC1O. The Morgan fingerprint density at radius 2 is 2.13 bits per heavy atom. The van der Waals surface area contributed by atoms with Crippen LogP contribution in [0.3, 0.4) is 0 Å². The average molecular weight is 318 g/mol. The minimum atomic E-state index is -0.427. The molecule has 0 aromatic carbocycles. The number of rotatable bonds is 4. The third-order valence-corrected chi connectivity index (χ3v) is 6.09. The minimum absolute atomic E-state index is 0.0606. The molecule has 3 nitrogen and oxygen atoms in total. The molecule has 1 fully saturated rings. The van der Waals surface area contributed by atoms with Crippen LogP contribution in [0.5, 0.6) is 0 Å². The molecule has 0 amide bonds. The van der Waals surface area contributed by atoms with Gasteiger partial charge in [-0.2, -0.15) is 0 Å². The van der Waals surface area contributed by atoms with E-state index >= 15 is 0 Å². The molecule has 0 spiro atoms. The van der Waals surface area contributed by atoms with Gasteiger partial charge in [0.1, 0.15) is 6.61 Å². The Morgan fingerprint density at radius 1 is 1.39 bits per heavy atom. The highest BCUT2D eigenvalue weighted by atomic mass is 16.5. The van der Waals surface area contributed by atoms with Gasteiger partial charge in [0.05, 0.1) is 6.10 Å². The Balaban J connectivity index is 1.86. The normalized spacial score (nSPS) is 37.3. The Hall–Kier alpha value is -1.09.